The zero-order valence-corrected chi connectivity index (χ0v) is 11.0. The van der Waals surface area contributed by atoms with E-state index in [9.17, 15) is 5.11 Å². The summed E-state index contributed by atoms with van der Waals surface area (Å²) in [7, 11) is 0. The number of nitrogens with one attached hydrogen (secondary N) is 1. The Morgan fingerprint density at radius 1 is 1.21 bits per heavy atom. The summed E-state index contributed by atoms with van der Waals surface area (Å²) in [6.07, 6.45) is 4.44. The largest absolute Gasteiger partial charge is 0.508 e. The standard InChI is InChI=1S/C15H19N3O/c19-13-4-3-12-5-6-16-15(14(12)11-13)17-7-10-18-8-1-2-9-18/h3-6,11,19H,1-2,7-10H2,(H,16,17). The third-order valence-corrected chi connectivity index (χ3v) is 3.67. The van der Waals surface area contributed by atoms with Gasteiger partial charge in [-0.3, -0.25) is 0 Å². The third-order valence-electron chi connectivity index (χ3n) is 3.67. The predicted molar refractivity (Wildman–Crippen MR) is 77.6 cm³/mol. The number of aromatic nitrogens is 1. The molecule has 1 aliphatic heterocycles. The van der Waals surface area contributed by atoms with Gasteiger partial charge >= 0.3 is 0 Å². The van der Waals surface area contributed by atoms with Gasteiger partial charge in [0.25, 0.3) is 0 Å². The molecule has 1 aliphatic rings. The van der Waals surface area contributed by atoms with Crippen molar-refractivity contribution >= 4 is 16.6 Å². The van der Waals surface area contributed by atoms with Crippen molar-refractivity contribution in [1.82, 2.24) is 9.88 Å². The van der Waals surface area contributed by atoms with E-state index < -0.39 is 0 Å². The number of fused-ring (bicyclic) bond motifs is 1. The van der Waals surface area contributed by atoms with Gasteiger partial charge in [0.2, 0.25) is 0 Å². The molecule has 0 bridgehead atoms. The lowest BCUT2D eigenvalue weighted by Gasteiger charge is -2.15. The smallest absolute Gasteiger partial charge is 0.133 e. The predicted octanol–water partition coefficient (Wildman–Crippen LogP) is 2.45. The minimum atomic E-state index is 0.281. The van der Waals surface area contributed by atoms with Crippen LogP contribution in [0.4, 0.5) is 5.82 Å². The molecule has 19 heavy (non-hydrogen) atoms. The highest BCUT2D eigenvalue weighted by atomic mass is 16.3. The maximum Gasteiger partial charge on any atom is 0.133 e. The van der Waals surface area contributed by atoms with Gasteiger partial charge in [-0.2, -0.15) is 0 Å². The first-order chi connectivity index (χ1) is 9.33. The molecule has 0 unspecified atom stereocenters. The summed E-state index contributed by atoms with van der Waals surface area (Å²) >= 11 is 0. The Morgan fingerprint density at radius 3 is 2.89 bits per heavy atom. The number of anilines is 1. The molecular formula is C15H19N3O. The Kier molecular flexibility index (Phi) is 3.51. The fourth-order valence-electron chi connectivity index (χ4n) is 2.64. The molecule has 1 saturated heterocycles. The molecule has 2 N–H and O–H groups in total. The van der Waals surface area contributed by atoms with Gasteiger partial charge in [-0.05, 0) is 49.5 Å². The summed E-state index contributed by atoms with van der Waals surface area (Å²) in [5.41, 5.74) is 0. The molecule has 1 aromatic heterocycles. The van der Waals surface area contributed by atoms with E-state index in [1.54, 1.807) is 18.3 Å². The lowest BCUT2D eigenvalue weighted by Crippen LogP contribution is -2.26. The Morgan fingerprint density at radius 2 is 2.05 bits per heavy atom. The summed E-state index contributed by atoms with van der Waals surface area (Å²) in [5.74, 6) is 1.13. The average molecular weight is 257 g/mol. The van der Waals surface area contributed by atoms with E-state index >= 15 is 0 Å². The minimum Gasteiger partial charge on any atom is -0.508 e. The van der Waals surface area contributed by atoms with Crippen molar-refractivity contribution in [3.8, 4) is 5.75 Å². The summed E-state index contributed by atoms with van der Waals surface area (Å²) in [4.78, 5) is 6.84. The summed E-state index contributed by atoms with van der Waals surface area (Å²) < 4.78 is 0. The second-order valence-electron chi connectivity index (χ2n) is 5.04. The van der Waals surface area contributed by atoms with Crippen molar-refractivity contribution in [3.05, 3.63) is 30.5 Å². The lowest BCUT2D eigenvalue weighted by atomic mass is 10.1. The van der Waals surface area contributed by atoms with E-state index in [2.05, 4.69) is 15.2 Å². The van der Waals surface area contributed by atoms with Gasteiger partial charge in [0.05, 0.1) is 0 Å². The van der Waals surface area contributed by atoms with Crippen LogP contribution in [0.25, 0.3) is 10.8 Å². The average Bonchev–Trinajstić information content (AvgIpc) is 2.92. The van der Waals surface area contributed by atoms with Crippen LogP contribution in [0.1, 0.15) is 12.8 Å². The number of hydrogen-bond donors (Lipinski definition) is 2. The number of benzene rings is 1. The van der Waals surface area contributed by atoms with Crippen LogP contribution in [0.15, 0.2) is 30.5 Å². The van der Waals surface area contributed by atoms with Gasteiger partial charge in [0, 0.05) is 24.7 Å². The fourth-order valence-corrected chi connectivity index (χ4v) is 2.64. The first kappa shape index (κ1) is 12.2. The van der Waals surface area contributed by atoms with Gasteiger partial charge in [-0.1, -0.05) is 6.07 Å². The number of hydrogen-bond acceptors (Lipinski definition) is 4. The second-order valence-corrected chi connectivity index (χ2v) is 5.04. The molecule has 1 aromatic carbocycles. The summed E-state index contributed by atoms with van der Waals surface area (Å²) in [5, 5.41) is 15.0. The molecule has 0 saturated carbocycles. The van der Waals surface area contributed by atoms with Crippen LogP contribution >= 0.6 is 0 Å². The van der Waals surface area contributed by atoms with Gasteiger partial charge in [-0.15, -0.1) is 0 Å². The van der Waals surface area contributed by atoms with Crippen LogP contribution in [0.5, 0.6) is 5.75 Å². The number of likely N-dealkylation sites (tertiary alicyclic amines) is 1. The SMILES string of the molecule is Oc1ccc2ccnc(NCCN3CCCC3)c2c1. The Hall–Kier alpha value is -1.81. The molecule has 0 amide bonds. The van der Waals surface area contributed by atoms with Gasteiger partial charge < -0.3 is 15.3 Å². The van der Waals surface area contributed by atoms with E-state index in [-0.39, 0.29) is 5.75 Å². The van der Waals surface area contributed by atoms with Crippen molar-refractivity contribution in [2.45, 2.75) is 12.8 Å². The van der Waals surface area contributed by atoms with E-state index in [0.29, 0.717) is 0 Å². The molecule has 0 radical (unpaired) electrons. The molecule has 2 heterocycles. The van der Waals surface area contributed by atoms with Crippen molar-refractivity contribution in [3.63, 3.8) is 0 Å². The number of phenolic OH excluding ortho intramolecular Hbond substituents is 1. The number of phenols is 1. The van der Waals surface area contributed by atoms with Crippen LogP contribution in [0.2, 0.25) is 0 Å². The second kappa shape index (κ2) is 5.45. The molecule has 1 fully saturated rings. The summed E-state index contributed by atoms with van der Waals surface area (Å²) in [6, 6.07) is 7.34. The van der Waals surface area contributed by atoms with Crippen molar-refractivity contribution in [2.24, 2.45) is 0 Å². The lowest BCUT2D eigenvalue weighted by molar-refractivity contribution is 0.352. The van der Waals surface area contributed by atoms with E-state index in [1.807, 2.05) is 12.1 Å². The summed E-state index contributed by atoms with van der Waals surface area (Å²) in [6.45, 7) is 4.37. The Bertz CT molecular complexity index is 564. The maximum atomic E-state index is 9.59. The minimum absolute atomic E-state index is 0.281. The molecule has 0 aliphatic carbocycles. The molecule has 0 atom stereocenters. The first-order valence-corrected chi connectivity index (χ1v) is 6.87. The Balaban J connectivity index is 1.71. The number of aromatic hydroxyl groups is 1. The zero-order chi connectivity index (χ0) is 13.1. The highest BCUT2D eigenvalue weighted by Crippen LogP contribution is 2.24. The monoisotopic (exact) mass is 257 g/mol. The topological polar surface area (TPSA) is 48.4 Å². The van der Waals surface area contributed by atoms with Crippen LogP contribution in [-0.4, -0.2) is 41.2 Å². The molecule has 2 aromatic rings. The molecule has 3 rings (SSSR count). The molecule has 4 nitrogen and oxygen atoms in total. The van der Waals surface area contributed by atoms with E-state index in [0.717, 1.165) is 29.7 Å². The van der Waals surface area contributed by atoms with Crippen LogP contribution < -0.4 is 5.32 Å². The van der Waals surface area contributed by atoms with Gasteiger partial charge in [0.1, 0.15) is 11.6 Å². The number of nitrogens with zero attached hydrogens (tertiary/aromatic N) is 2. The van der Waals surface area contributed by atoms with E-state index in [1.165, 1.54) is 25.9 Å². The van der Waals surface area contributed by atoms with Crippen LogP contribution in [0.3, 0.4) is 0 Å². The molecule has 4 heteroatoms. The first-order valence-electron chi connectivity index (χ1n) is 6.87. The van der Waals surface area contributed by atoms with Gasteiger partial charge in [-0.25, -0.2) is 4.98 Å². The van der Waals surface area contributed by atoms with Crippen molar-refractivity contribution < 1.29 is 5.11 Å². The quantitative estimate of drug-likeness (QED) is 0.883. The number of rotatable bonds is 4. The molecular weight excluding hydrogens is 238 g/mol. The number of pyridine rings is 1. The van der Waals surface area contributed by atoms with Crippen molar-refractivity contribution in [2.75, 3.05) is 31.5 Å². The highest BCUT2D eigenvalue weighted by Gasteiger charge is 2.10. The third kappa shape index (κ3) is 2.79. The molecule has 0 spiro atoms. The van der Waals surface area contributed by atoms with Crippen molar-refractivity contribution in [1.29, 1.82) is 0 Å². The highest BCUT2D eigenvalue weighted by molar-refractivity contribution is 5.92. The van der Waals surface area contributed by atoms with Crippen LogP contribution in [0, 0.1) is 0 Å². The maximum absolute atomic E-state index is 9.59. The normalized spacial score (nSPS) is 16.0. The van der Waals surface area contributed by atoms with E-state index in [4.69, 9.17) is 0 Å². The zero-order valence-electron chi connectivity index (χ0n) is 11.0. The molecule has 100 valence electrons. The van der Waals surface area contributed by atoms with Crippen LogP contribution in [-0.2, 0) is 0 Å². The Labute approximate surface area is 113 Å². The van der Waals surface area contributed by atoms with Gasteiger partial charge in [0.15, 0.2) is 0 Å². The fraction of sp³-hybridized carbons (Fsp3) is 0.400.